The van der Waals surface area contributed by atoms with Crippen LogP contribution in [0.4, 0.5) is 10.5 Å². The molecule has 0 radical (unpaired) electrons. The molecule has 2 amide bonds. The van der Waals surface area contributed by atoms with Gasteiger partial charge >= 0.3 is 6.16 Å². The van der Waals surface area contributed by atoms with E-state index in [1.54, 1.807) is 0 Å². The summed E-state index contributed by atoms with van der Waals surface area (Å²) >= 11 is 0. The standard InChI is InChI=1S/C33H35N3O6/c1-3-8-21(2)30(31(38)34-28-12-7-11-25-17-26(18-27(25)28)42-33(39)40)23-15-13-22(14-16-23)19-36-29(37)20-41-32(35-36)24-9-5-4-6-10-24/h4-7,9-16,21,26,30H,3,8,17-20H2,1-2H3,(H,34,38)(H,39,40). The Balaban J connectivity index is 1.32. The number of nitrogens with one attached hydrogen (secondary N) is 1. The number of ether oxygens (including phenoxy) is 2. The normalized spacial score (nSPS) is 17.5. The Kier molecular flexibility index (Phi) is 8.85. The molecule has 9 heteroatoms. The molecule has 3 atom stereocenters. The van der Waals surface area contributed by atoms with Gasteiger partial charge < -0.3 is 19.9 Å². The fourth-order valence-electron chi connectivity index (χ4n) is 5.77. The number of hydrazone groups is 1. The second kappa shape index (κ2) is 12.9. The molecule has 3 aromatic carbocycles. The zero-order valence-corrected chi connectivity index (χ0v) is 23.8. The number of anilines is 1. The van der Waals surface area contributed by atoms with Gasteiger partial charge in [-0.25, -0.2) is 9.80 Å². The van der Waals surface area contributed by atoms with Crippen LogP contribution in [0.2, 0.25) is 0 Å². The predicted molar refractivity (Wildman–Crippen MR) is 158 cm³/mol. The van der Waals surface area contributed by atoms with Gasteiger partial charge in [-0.2, -0.15) is 0 Å². The van der Waals surface area contributed by atoms with Crippen molar-refractivity contribution in [3.63, 3.8) is 0 Å². The smallest absolute Gasteiger partial charge is 0.466 e. The molecule has 0 spiro atoms. The highest BCUT2D eigenvalue weighted by molar-refractivity contribution is 5.98. The van der Waals surface area contributed by atoms with Gasteiger partial charge in [-0.05, 0) is 52.8 Å². The maximum absolute atomic E-state index is 13.8. The van der Waals surface area contributed by atoms with Crippen LogP contribution in [-0.4, -0.2) is 46.7 Å². The topological polar surface area (TPSA) is 118 Å². The fourth-order valence-corrected chi connectivity index (χ4v) is 5.77. The highest BCUT2D eigenvalue weighted by atomic mass is 16.7. The van der Waals surface area contributed by atoms with Crippen LogP contribution in [0.25, 0.3) is 0 Å². The molecule has 5 rings (SSSR count). The van der Waals surface area contributed by atoms with Crippen LogP contribution in [0.1, 0.15) is 60.4 Å². The van der Waals surface area contributed by atoms with Crippen LogP contribution >= 0.6 is 0 Å². The van der Waals surface area contributed by atoms with Gasteiger partial charge in [-0.1, -0.05) is 74.9 Å². The second-order valence-corrected chi connectivity index (χ2v) is 10.8. The van der Waals surface area contributed by atoms with Crippen molar-refractivity contribution < 1.29 is 29.0 Å². The van der Waals surface area contributed by atoms with Crippen LogP contribution in [-0.2, 0) is 38.4 Å². The minimum atomic E-state index is -1.29. The summed E-state index contributed by atoms with van der Waals surface area (Å²) in [4.78, 5) is 37.4. The summed E-state index contributed by atoms with van der Waals surface area (Å²) in [5.74, 6) is -0.237. The number of benzene rings is 3. The van der Waals surface area contributed by atoms with E-state index < -0.39 is 18.2 Å². The monoisotopic (exact) mass is 569 g/mol. The van der Waals surface area contributed by atoms with Gasteiger partial charge in [0.25, 0.3) is 5.91 Å². The molecule has 9 nitrogen and oxygen atoms in total. The van der Waals surface area contributed by atoms with Crippen molar-refractivity contribution in [3.05, 3.63) is 101 Å². The molecule has 0 bridgehead atoms. The van der Waals surface area contributed by atoms with Crippen molar-refractivity contribution in [3.8, 4) is 0 Å². The Labute approximate surface area is 245 Å². The van der Waals surface area contributed by atoms with Gasteiger partial charge in [0.1, 0.15) is 6.10 Å². The third-order valence-corrected chi connectivity index (χ3v) is 7.80. The molecule has 3 aromatic rings. The highest BCUT2D eigenvalue weighted by Gasteiger charge is 2.31. The number of carbonyl (C=O) groups is 3. The summed E-state index contributed by atoms with van der Waals surface area (Å²) in [6, 6.07) is 22.9. The lowest BCUT2D eigenvalue weighted by molar-refractivity contribution is -0.136. The van der Waals surface area contributed by atoms with Gasteiger partial charge in [-0.3, -0.25) is 9.59 Å². The van der Waals surface area contributed by atoms with Crippen LogP contribution in [0.15, 0.2) is 77.9 Å². The number of carbonyl (C=O) groups excluding carboxylic acids is 2. The van der Waals surface area contributed by atoms with Gasteiger partial charge in [0.05, 0.1) is 12.5 Å². The Morgan fingerprint density at radius 1 is 1.07 bits per heavy atom. The molecule has 0 aromatic heterocycles. The summed E-state index contributed by atoms with van der Waals surface area (Å²) in [6.07, 6.45) is 0.988. The van der Waals surface area contributed by atoms with E-state index >= 15 is 0 Å². The van der Waals surface area contributed by atoms with Crippen molar-refractivity contribution in [2.24, 2.45) is 11.0 Å². The molecule has 1 aliphatic heterocycles. The van der Waals surface area contributed by atoms with E-state index in [0.29, 0.717) is 24.4 Å². The first kappa shape index (κ1) is 28.9. The zero-order chi connectivity index (χ0) is 29.6. The molecule has 1 aliphatic carbocycles. The Morgan fingerprint density at radius 2 is 1.83 bits per heavy atom. The predicted octanol–water partition coefficient (Wildman–Crippen LogP) is 5.73. The SMILES string of the molecule is CCCC(C)C(C(=O)Nc1cccc2c1CC(OC(=O)O)C2)c1ccc(CN2N=C(c3ccccc3)OCC2=O)cc1. The molecule has 2 N–H and O–H groups in total. The van der Waals surface area contributed by atoms with Gasteiger partial charge in [0.15, 0.2) is 6.61 Å². The lowest BCUT2D eigenvalue weighted by Gasteiger charge is -2.25. The minimum Gasteiger partial charge on any atom is -0.466 e. The minimum absolute atomic E-state index is 0.0744. The van der Waals surface area contributed by atoms with E-state index in [9.17, 15) is 14.4 Å². The van der Waals surface area contributed by atoms with Crippen molar-refractivity contribution >= 4 is 29.6 Å². The largest absolute Gasteiger partial charge is 0.506 e. The fraction of sp³-hybridized carbons (Fsp3) is 0.333. The van der Waals surface area contributed by atoms with E-state index in [4.69, 9.17) is 14.6 Å². The molecule has 42 heavy (non-hydrogen) atoms. The first-order chi connectivity index (χ1) is 20.3. The summed E-state index contributed by atoms with van der Waals surface area (Å²) in [5.41, 5.74) is 5.17. The maximum atomic E-state index is 13.8. The van der Waals surface area contributed by atoms with Gasteiger partial charge in [0, 0.05) is 24.1 Å². The lowest BCUT2D eigenvalue weighted by atomic mass is 9.83. The van der Waals surface area contributed by atoms with E-state index in [1.165, 1.54) is 5.01 Å². The van der Waals surface area contributed by atoms with E-state index in [-0.39, 0.29) is 30.9 Å². The molecular formula is C33H35N3O6. The van der Waals surface area contributed by atoms with Gasteiger partial charge in [-0.15, -0.1) is 5.10 Å². The molecule has 0 fully saturated rings. The molecule has 218 valence electrons. The summed E-state index contributed by atoms with van der Waals surface area (Å²) in [7, 11) is 0. The average Bonchev–Trinajstić information content (AvgIpc) is 3.39. The number of hydrogen-bond acceptors (Lipinski definition) is 6. The lowest BCUT2D eigenvalue weighted by Crippen LogP contribution is -2.36. The first-order valence-electron chi connectivity index (χ1n) is 14.3. The van der Waals surface area contributed by atoms with Crippen LogP contribution in [0.5, 0.6) is 0 Å². The van der Waals surface area contributed by atoms with Crippen LogP contribution in [0, 0.1) is 5.92 Å². The summed E-state index contributed by atoms with van der Waals surface area (Å²) in [5, 5.41) is 18.0. The number of nitrogens with zero attached hydrogens (tertiary/aromatic N) is 2. The Hall–Kier alpha value is -4.66. The second-order valence-electron chi connectivity index (χ2n) is 10.8. The zero-order valence-electron chi connectivity index (χ0n) is 23.8. The average molecular weight is 570 g/mol. The number of carboxylic acid groups (broad SMARTS) is 1. The van der Waals surface area contributed by atoms with Crippen LogP contribution < -0.4 is 5.32 Å². The third-order valence-electron chi connectivity index (χ3n) is 7.80. The van der Waals surface area contributed by atoms with Crippen molar-refractivity contribution in [2.45, 2.75) is 58.1 Å². The molecule has 1 heterocycles. The van der Waals surface area contributed by atoms with Crippen LogP contribution in [0.3, 0.4) is 0 Å². The quantitative estimate of drug-likeness (QED) is 0.301. The summed E-state index contributed by atoms with van der Waals surface area (Å²) in [6.45, 7) is 4.40. The van der Waals surface area contributed by atoms with E-state index in [0.717, 1.165) is 40.7 Å². The van der Waals surface area contributed by atoms with E-state index in [2.05, 4.69) is 24.3 Å². The molecule has 0 saturated heterocycles. The molecule has 2 aliphatic rings. The Bertz CT molecular complexity index is 1470. The third kappa shape index (κ3) is 6.62. The van der Waals surface area contributed by atoms with E-state index in [1.807, 2.05) is 72.8 Å². The highest BCUT2D eigenvalue weighted by Crippen LogP contribution is 2.34. The molecule has 3 unspecified atom stereocenters. The maximum Gasteiger partial charge on any atom is 0.506 e. The number of amides is 2. The van der Waals surface area contributed by atoms with Crippen molar-refractivity contribution in [2.75, 3.05) is 11.9 Å². The Morgan fingerprint density at radius 3 is 2.55 bits per heavy atom. The molecular weight excluding hydrogens is 534 g/mol. The summed E-state index contributed by atoms with van der Waals surface area (Å²) < 4.78 is 10.6. The van der Waals surface area contributed by atoms with Gasteiger partial charge in [0.2, 0.25) is 11.8 Å². The number of fused-ring (bicyclic) bond motifs is 1. The number of hydrogen-bond donors (Lipinski definition) is 2. The molecule has 0 saturated carbocycles. The number of rotatable bonds is 10. The van der Waals surface area contributed by atoms with Crippen molar-refractivity contribution in [1.29, 1.82) is 0 Å². The first-order valence-corrected chi connectivity index (χ1v) is 14.3. The van der Waals surface area contributed by atoms with Crippen molar-refractivity contribution in [1.82, 2.24) is 5.01 Å².